The van der Waals surface area contributed by atoms with Gasteiger partial charge < -0.3 is 24.0 Å². The van der Waals surface area contributed by atoms with Gasteiger partial charge in [0.25, 0.3) is 0 Å². The Morgan fingerprint density at radius 1 is 0.900 bits per heavy atom. The van der Waals surface area contributed by atoms with Crippen LogP contribution in [-0.2, 0) is 21.8 Å². The molecule has 2 aliphatic rings. The molecule has 2 aliphatic heterocycles. The zero-order valence-corrected chi connectivity index (χ0v) is 29.9. The molecule has 2 saturated heterocycles. The van der Waals surface area contributed by atoms with Crippen molar-refractivity contribution in [2.24, 2.45) is 0 Å². The SMILES string of the molecule is CCC(C)n1ncn(-c2ccc(N3CCN(c4ccc(OCC5COC(Cn6nccn6)(c6ccc(Cl)cc6Cl)O5)cc4Cl)CC3)cc2)c1=O. The third-order valence-corrected chi connectivity index (χ3v) is 10.0. The highest BCUT2D eigenvalue weighted by molar-refractivity contribution is 6.35. The molecule has 2 aromatic heterocycles. The van der Waals surface area contributed by atoms with Gasteiger partial charge in [-0.25, -0.2) is 14.0 Å². The molecule has 4 heterocycles. The molecule has 0 radical (unpaired) electrons. The maximum absolute atomic E-state index is 12.8. The van der Waals surface area contributed by atoms with E-state index in [4.69, 9.17) is 49.0 Å². The summed E-state index contributed by atoms with van der Waals surface area (Å²) in [6, 6.07) is 19.0. The summed E-state index contributed by atoms with van der Waals surface area (Å²) in [5.41, 5.74) is 3.36. The predicted octanol–water partition coefficient (Wildman–Crippen LogP) is 6.23. The second-order valence-corrected chi connectivity index (χ2v) is 13.6. The van der Waals surface area contributed by atoms with Gasteiger partial charge in [-0.15, -0.1) is 0 Å². The lowest BCUT2D eigenvalue weighted by atomic mass is 10.1. The Kier molecular flexibility index (Phi) is 10.1. The smallest absolute Gasteiger partial charge is 0.350 e. The monoisotopic (exact) mass is 738 g/mol. The van der Waals surface area contributed by atoms with E-state index in [1.54, 1.807) is 41.5 Å². The topological polar surface area (TPSA) is 105 Å². The summed E-state index contributed by atoms with van der Waals surface area (Å²) in [6.45, 7) is 8.00. The van der Waals surface area contributed by atoms with Gasteiger partial charge in [-0.3, -0.25) is 0 Å². The van der Waals surface area contributed by atoms with Crippen molar-refractivity contribution in [2.75, 3.05) is 49.2 Å². The molecule has 5 aromatic rings. The molecule has 0 amide bonds. The van der Waals surface area contributed by atoms with E-state index in [0.717, 1.165) is 49.7 Å². The van der Waals surface area contributed by atoms with E-state index in [2.05, 4.69) is 37.2 Å². The van der Waals surface area contributed by atoms with E-state index in [9.17, 15) is 4.79 Å². The Bertz CT molecular complexity index is 1980. The van der Waals surface area contributed by atoms with Gasteiger partial charge in [0, 0.05) is 48.5 Å². The second kappa shape index (κ2) is 14.7. The summed E-state index contributed by atoms with van der Waals surface area (Å²) < 4.78 is 21.9. The highest BCUT2D eigenvalue weighted by Gasteiger charge is 2.46. The molecule has 50 heavy (non-hydrogen) atoms. The normalized spacial score (nSPS) is 20.0. The average Bonchev–Trinajstić information content (AvgIpc) is 3.88. The van der Waals surface area contributed by atoms with Crippen LogP contribution < -0.4 is 20.2 Å². The number of benzene rings is 3. The summed E-state index contributed by atoms with van der Waals surface area (Å²) in [5.74, 6) is -0.581. The van der Waals surface area contributed by atoms with Crippen molar-refractivity contribution in [1.82, 2.24) is 29.3 Å². The van der Waals surface area contributed by atoms with Crippen molar-refractivity contribution in [2.45, 2.75) is 44.7 Å². The Balaban J connectivity index is 0.947. The molecule has 3 unspecified atom stereocenters. The molecule has 2 fully saturated rings. The van der Waals surface area contributed by atoms with Crippen molar-refractivity contribution in [3.05, 3.63) is 111 Å². The van der Waals surface area contributed by atoms with Crippen LogP contribution in [0, 0.1) is 0 Å². The molecule has 0 bridgehead atoms. The second-order valence-electron chi connectivity index (χ2n) is 12.4. The molecule has 0 N–H and O–H groups in total. The van der Waals surface area contributed by atoms with E-state index >= 15 is 0 Å². The fraction of sp³-hybridized carbons (Fsp3) is 0.371. The number of aromatic nitrogens is 6. The van der Waals surface area contributed by atoms with Gasteiger partial charge in [0.15, 0.2) is 0 Å². The summed E-state index contributed by atoms with van der Waals surface area (Å²) in [5, 5.41) is 14.3. The number of halogens is 3. The molecule has 3 atom stereocenters. The summed E-state index contributed by atoms with van der Waals surface area (Å²) >= 11 is 19.5. The van der Waals surface area contributed by atoms with Crippen molar-refractivity contribution >= 4 is 46.2 Å². The van der Waals surface area contributed by atoms with Crippen LogP contribution in [0.25, 0.3) is 5.69 Å². The van der Waals surface area contributed by atoms with Crippen LogP contribution in [0.5, 0.6) is 5.75 Å². The van der Waals surface area contributed by atoms with Crippen molar-refractivity contribution in [3.63, 3.8) is 0 Å². The molecular formula is C35H37Cl3N8O4. The predicted molar refractivity (Wildman–Crippen MR) is 193 cm³/mol. The largest absolute Gasteiger partial charge is 0.491 e. The van der Waals surface area contributed by atoms with Gasteiger partial charge in [-0.05, 0) is 61.9 Å². The molecule has 15 heteroatoms. The Hall–Kier alpha value is -4.07. The fourth-order valence-electron chi connectivity index (χ4n) is 6.29. The molecule has 7 rings (SSSR count). The van der Waals surface area contributed by atoms with E-state index in [-0.39, 0.29) is 37.6 Å². The standard InChI is InChI=1S/C35H37Cl3N8O4/c1-3-24(2)46-34(47)44(23-41-46)27-7-5-26(6-8-27)42-14-16-43(17-15-42)33-11-9-28(19-32(33)38)48-20-29-21-49-35(50-29,22-45-39-12-13-40-45)30-10-4-25(36)18-31(30)37/h4-13,18-19,23-24,29H,3,14-17,20-22H2,1-2H3. The van der Waals surface area contributed by atoms with Crippen LogP contribution in [0.2, 0.25) is 15.1 Å². The zero-order chi connectivity index (χ0) is 34.8. The van der Waals surface area contributed by atoms with Gasteiger partial charge in [0.2, 0.25) is 5.79 Å². The minimum Gasteiger partial charge on any atom is -0.491 e. The average molecular weight is 740 g/mol. The number of ether oxygens (including phenoxy) is 3. The summed E-state index contributed by atoms with van der Waals surface area (Å²) in [4.78, 5) is 18.9. The highest BCUT2D eigenvalue weighted by Crippen LogP contribution is 2.40. The van der Waals surface area contributed by atoms with Crippen LogP contribution in [0.3, 0.4) is 0 Å². The summed E-state index contributed by atoms with van der Waals surface area (Å²) in [7, 11) is 0. The number of hydrogen-bond acceptors (Lipinski definition) is 9. The van der Waals surface area contributed by atoms with E-state index in [1.165, 1.54) is 9.48 Å². The molecule has 3 aromatic carbocycles. The molecule has 0 aliphatic carbocycles. The lowest BCUT2D eigenvalue weighted by Gasteiger charge is -2.37. The van der Waals surface area contributed by atoms with Crippen LogP contribution in [-0.4, -0.2) is 74.8 Å². The van der Waals surface area contributed by atoms with E-state index in [1.807, 2.05) is 44.2 Å². The van der Waals surface area contributed by atoms with Crippen LogP contribution in [0.15, 0.2) is 84.2 Å². The lowest BCUT2D eigenvalue weighted by molar-refractivity contribution is -0.192. The first-order valence-electron chi connectivity index (χ1n) is 16.5. The number of hydrogen-bond donors (Lipinski definition) is 0. The first-order chi connectivity index (χ1) is 24.2. The Labute approximate surface area is 304 Å². The minimum atomic E-state index is -1.21. The van der Waals surface area contributed by atoms with Crippen molar-refractivity contribution < 1.29 is 14.2 Å². The zero-order valence-electron chi connectivity index (χ0n) is 27.7. The van der Waals surface area contributed by atoms with Crippen molar-refractivity contribution in [3.8, 4) is 11.4 Å². The van der Waals surface area contributed by atoms with Crippen LogP contribution in [0.1, 0.15) is 31.9 Å². The van der Waals surface area contributed by atoms with Gasteiger partial charge in [-0.2, -0.15) is 20.1 Å². The third kappa shape index (κ3) is 7.08. The lowest BCUT2D eigenvalue weighted by Crippen LogP contribution is -2.46. The van der Waals surface area contributed by atoms with E-state index < -0.39 is 5.79 Å². The maximum atomic E-state index is 12.8. The Morgan fingerprint density at radius 2 is 1.62 bits per heavy atom. The number of anilines is 2. The maximum Gasteiger partial charge on any atom is 0.350 e. The van der Waals surface area contributed by atoms with Crippen LogP contribution in [0.4, 0.5) is 11.4 Å². The quantitative estimate of drug-likeness (QED) is 0.156. The highest BCUT2D eigenvalue weighted by atomic mass is 35.5. The molecule has 0 saturated carbocycles. The minimum absolute atomic E-state index is 0.0537. The van der Waals surface area contributed by atoms with E-state index in [0.29, 0.717) is 26.4 Å². The molecule has 0 spiro atoms. The van der Waals surface area contributed by atoms with Crippen molar-refractivity contribution in [1.29, 1.82) is 0 Å². The molecule has 262 valence electrons. The van der Waals surface area contributed by atoms with Crippen LogP contribution >= 0.6 is 34.8 Å². The number of rotatable bonds is 11. The first-order valence-corrected chi connectivity index (χ1v) is 17.7. The fourth-order valence-corrected chi connectivity index (χ4v) is 7.13. The third-order valence-electron chi connectivity index (χ3n) is 9.19. The van der Waals surface area contributed by atoms with Gasteiger partial charge in [0.1, 0.15) is 31.3 Å². The van der Waals surface area contributed by atoms with Gasteiger partial charge in [0.05, 0.1) is 46.5 Å². The van der Waals surface area contributed by atoms with Gasteiger partial charge >= 0.3 is 5.69 Å². The molecular weight excluding hydrogens is 703 g/mol. The number of nitrogens with zero attached hydrogens (tertiary/aromatic N) is 8. The molecule has 12 nitrogen and oxygen atoms in total. The summed E-state index contributed by atoms with van der Waals surface area (Å²) in [6.07, 6.45) is 5.23. The first kappa shape index (κ1) is 34.4. The van der Waals surface area contributed by atoms with Gasteiger partial charge in [-0.1, -0.05) is 47.8 Å². The Morgan fingerprint density at radius 3 is 2.32 bits per heavy atom. The number of piperazine rings is 1.